The third-order valence-electron chi connectivity index (χ3n) is 2.65. The van der Waals surface area contributed by atoms with Gasteiger partial charge in [-0.1, -0.05) is 13.8 Å². The van der Waals surface area contributed by atoms with Gasteiger partial charge >= 0.3 is 5.97 Å². The molecule has 0 aromatic rings. The number of nitrogens with zero attached hydrogens (tertiary/aromatic N) is 1. The predicted molar refractivity (Wildman–Crippen MR) is 61.2 cm³/mol. The number of likely N-dealkylation sites (tertiary alicyclic amines) is 1. The third kappa shape index (κ3) is 3.54. The molecule has 1 fully saturated rings. The van der Waals surface area contributed by atoms with E-state index in [-0.39, 0.29) is 5.92 Å². The number of rotatable bonds is 4. The van der Waals surface area contributed by atoms with Crippen LogP contribution in [-0.2, 0) is 19.1 Å². The number of ketones is 1. The highest BCUT2D eigenvalue weighted by Gasteiger charge is 2.36. The van der Waals surface area contributed by atoms with Gasteiger partial charge in [-0.15, -0.1) is 0 Å². The number of Topliss-reactive ketones (excluding diaryl/α,β-unsaturated/α-hetero) is 1. The van der Waals surface area contributed by atoms with Crippen LogP contribution >= 0.6 is 0 Å². The van der Waals surface area contributed by atoms with E-state index in [0.29, 0.717) is 19.6 Å². The maximum atomic E-state index is 11.8. The topological polar surface area (TPSA) is 63.7 Å². The van der Waals surface area contributed by atoms with Gasteiger partial charge in [0, 0.05) is 13.5 Å². The first-order valence-electron chi connectivity index (χ1n) is 5.91. The Labute approximate surface area is 101 Å². The van der Waals surface area contributed by atoms with Crippen LogP contribution in [0.3, 0.4) is 0 Å². The Bertz CT molecular complexity index is 324. The van der Waals surface area contributed by atoms with Crippen molar-refractivity contribution in [3.63, 3.8) is 0 Å². The first-order chi connectivity index (χ1) is 7.93. The number of carbonyl (C=O) groups is 3. The molecule has 5 nitrogen and oxygen atoms in total. The lowest BCUT2D eigenvalue weighted by molar-refractivity contribution is -0.156. The summed E-state index contributed by atoms with van der Waals surface area (Å²) in [5, 5.41) is 0. The fourth-order valence-corrected chi connectivity index (χ4v) is 1.80. The van der Waals surface area contributed by atoms with Crippen LogP contribution in [0.1, 0.15) is 33.6 Å². The van der Waals surface area contributed by atoms with Gasteiger partial charge in [0.05, 0.1) is 6.61 Å². The fraction of sp³-hybridized carbons (Fsp3) is 0.750. The maximum Gasteiger partial charge on any atom is 0.328 e. The van der Waals surface area contributed by atoms with Crippen LogP contribution in [0.2, 0.25) is 0 Å². The van der Waals surface area contributed by atoms with Crippen molar-refractivity contribution in [1.29, 1.82) is 0 Å². The molecule has 0 aromatic heterocycles. The molecule has 0 spiro atoms. The summed E-state index contributed by atoms with van der Waals surface area (Å²) >= 11 is 0. The summed E-state index contributed by atoms with van der Waals surface area (Å²) in [5.41, 5.74) is 0. The van der Waals surface area contributed by atoms with Crippen molar-refractivity contribution in [2.24, 2.45) is 5.92 Å². The van der Waals surface area contributed by atoms with Gasteiger partial charge in [-0.2, -0.15) is 0 Å². The van der Waals surface area contributed by atoms with E-state index < -0.39 is 23.7 Å². The quantitative estimate of drug-likeness (QED) is 0.538. The predicted octanol–water partition coefficient (Wildman–Crippen LogP) is 0.766. The second-order valence-corrected chi connectivity index (χ2v) is 4.74. The molecule has 1 saturated heterocycles. The summed E-state index contributed by atoms with van der Waals surface area (Å²) in [4.78, 5) is 35.7. The number of ether oxygens (including phenoxy) is 1. The Balaban J connectivity index is 2.60. The minimum atomic E-state index is -0.589. The first kappa shape index (κ1) is 13.7. The highest BCUT2D eigenvalue weighted by Crippen LogP contribution is 2.19. The van der Waals surface area contributed by atoms with Gasteiger partial charge < -0.3 is 9.64 Å². The first-order valence-corrected chi connectivity index (χ1v) is 5.91. The number of carbonyl (C=O) groups excluding carboxylic acids is 3. The van der Waals surface area contributed by atoms with Gasteiger partial charge in [-0.25, -0.2) is 4.79 Å². The highest BCUT2D eigenvalue weighted by molar-refractivity contribution is 6.35. The van der Waals surface area contributed by atoms with Gasteiger partial charge in [-0.3, -0.25) is 9.59 Å². The van der Waals surface area contributed by atoms with Gasteiger partial charge in [0.2, 0.25) is 5.78 Å². The lowest BCUT2D eigenvalue weighted by atomic mass is 10.2. The molecule has 5 heteroatoms. The molecule has 1 aliphatic rings. The smallest absolute Gasteiger partial charge is 0.328 e. The number of esters is 1. The molecule has 0 unspecified atom stereocenters. The molecule has 1 rings (SSSR count). The summed E-state index contributed by atoms with van der Waals surface area (Å²) in [5.74, 6) is -1.26. The molecule has 1 heterocycles. The Morgan fingerprint density at radius 1 is 1.35 bits per heavy atom. The average molecular weight is 241 g/mol. The van der Waals surface area contributed by atoms with E-state index >= 15 is 0 Å². The molecule has 96 valence electrons. The minimum absolute atomic E-state index is 0.261. The van der Waals surface area contributed by atoms with E-state index in [4.69, 9.17) is 4.74 Å². The molecule has 0 saturated carbocycles. The lowest BCUT2D eigenvalue weighted by Gasteiger charge is -2.22. The zero-order chi connectivity index (χ0) is 13.0. The molecule has 0 aliphatic carbocycles. The Kier molecular flexibility index (Phi) is 4.66. The molecule has 0 bridgehead atoms. The van der Waals surface area contributed by atoms with Crippen LogP contribution in [0.4, 0.5) is 0 Å². The van der Waals surface area contributed by atoms with Crippen LogP contribution in [0, 0.1) is 5.92 Å². The minimum Gasteiger partial charge on any atom is -0.464 e. The Hall–Kier alpha value is -1.39. The van der Waals surface area contributed by atoms with Gasteiger partial charge in [0.1, 0.15) is 6.04 Å². The highest BCUT2D eigenvalue weighted by atomic mass is 16.5. The summed E-state index contributed by atoms with van der Waals surface area (Å²) < 4.78 is 5.10. The van der Waals surface area contributed by atoms with Crippen LogP contribution in [0.5, 0.6) is 0 Å². The van der Waals surface area contributed by atoms with Crippen molar-refractivity contribution in [3.8, 4) is 0 Å². The molecule has 0 radical (unpaired) electrons. The summed E-state index contributed by atoms with van der Waals surface area (Å²) in [6.07, 6.45) is 1.32. The third-order valence-corrected chi connectivity index (χ3v) is 2.65. The largest absolute Gasteiger partial charge is 0.464 e. The van der Waals surface area contributed by atoms with E-state index in [1.165, 1.54) is 11.8 Å². The molecule has 0 aromatic carbocycles. The number of amides is 1. The van der Waals surface area contributed by atoms with Crippen molar-refractivity contribution >= 4 is 17.7 Å². The van der Waals surface area contributed by atoms with E-state index in [1.807, 2.05) is 13.8 Å². The zero-order valence-corrected chi connectivity index (χ0v) is 10.6. The van der Waals surface area contributed by atoms with Crippen LogP contribution in [0.15, 0.2) is 0 Å². The van der Waals surface area contributed by atoms with Gasteiger partial charge in [0.25, 0.3) is 5.91 Å². The normalized spacial score (nSPS) is 19.5. The SMILES string of the molecule is CC(=O)C(=O)N1CCC[C@H]1C(=O)OCC(C)C. The molecule has 1 amide bonds. The second kappa shape index (κ2) is 5.80. The maximum absolute atomic E-state index is 11.8. The van der Waals surface area contributed by atoms with Crippen molar-refractivity contribution in [1.82, 2.24) is 4.90 Å². The number of hydrogen-bond donors (Lipinski definition) is 0. The average Bonchev–Trinajstić information content (AvgIpc) is 2.73. The van der Waals surface area contributed by atoms with Gasteiger partial charge in [0.15, 0.2) is 0 Å². The second-order valence-electron chi connectivity index (χ2n) is 4.74. The standard InChI is InChI=1S/C12H19NO4/c1-8(2)7-17-12(16)10-5-4-6-13(10)11(15)9(3)14/h8,10H,4-7H2,1-3H3/t10-/m0/s1. The molecular weight excluding hydrogens is 222 g/mol. The molecule has 1 atom stereocenters. The van der Waals surface area contributed by atoms with Crippen LogP contribution < -0.4 is 0 Å². The molecule has 1 aliphatic heterocycles. The van der Waals surface area contributed by atoms with Crippen molar-refractivity contribution in [3.05, 3.63) is 0 Å². The van der Waals surface area contributed by atoms with Gasteiger partial charge in [-0.05, 0) is 18.8 Å². The Morgan fingerprint density at radius 2 is 2.00 bits per heavy atom. The van der Waals surface area contributed by atoms with Crippen molar-refractivity contribution in [2.45, 2.75) is 39.7 Å². The van der Waals surface area contributed by atoms with Crippen LogP contribution in [0.25, 0.3) is 0 Å². The van der Waals surface area contributed by atoms with E-state index in [9.17, 15) is 14.4 Å². The van der Waals surface area contributed by atoms with Crippen LogP contribution in [-0.4, -0.2) is 41.8 Å². The molecular formula is C12H19NO4. The van der Waals surface area contributed by atoms with Crippen molar-refractivity contribution < 1.29 is 19.1 Å². The summed E-state index contributed by atoms with van der Waals surface area (Å²) in [6, 6.07) is -0.579. The summed E-state index contributed by atoms with van der Waals surface area (Å²) in [6.45, 7) is 5.91. The molecule has 17 heavy (non-hydrogen) atoms. The zero-order valence-electron chi connectivity index (χ0n) is 10.6. The van der Waals surface area contributed by atoms with Crippen molar-refractivity contribution in [2.75, 3.05) is 13.2 Å². The fourth-order valence-electron chi connectivity index (χ4n) is 1.80. The lowest BCUT2D eigenvalue weighted by Crippen LogP contribution is -2.44. The van der Waals surface area contributed by atoms with E-state index in [2.05, 4.69) is 0 Å². The number of hydrogen-bond acceptors (Lipinski definition) is 4. The molecule has 0 N–H and O–H groups in total. The Morgan fingerprint density at radius 3 is 2.53 bits per heavy atom. The van der Waals surface area contributed by atoms with E-state index in [1.54, 1.807) is 0 Å². The monoisotopic (exact) mass is 241 g/mol. The van der Waals surface area contributed by atoms with E-state index in [0.717, 1.165) is 6.42 Å². The summed E-state index contributed by atoms with van der Waals surface area (Å²) in [7, 11) is 0.